The van der Waals surface area contributed by atoms with Crippen LogP contribution < -0.4 is 10.6 Å². The van der Waals surface area contributed by atoms with Crippen LogP contribution in [0.5, 0.6) is 0 Å². The number of aromatic nitrogens is 2. The summed E-state index contributed by atoms with van der Waals surface area (Å²) in [6.07, 6.45) is 1.58. The van der Waals surface area contributed by atoms with Gasteiger partial charge in [0.15, 0.2) is 0 Å². The highest BCUT2D eigenvalue weighted by molar-refractivity contribution is 5.93. The number of benzene rings is 1. The molecule has 1 fully saturated rings. The number of nitrogens with zero attached hydrogens (tertiary/aromatic N) is 3. The highest BCUT2D eigenvalue weighted by atomic mass is 16.2. The molecule has 1 aromatic heterocycles. The molecule has 134 valence electrons. The molecular formula is C18H25N5O2. The van der Waals surface area contributed by atoms with Gasteiger partial charge in [0.05, 0.1) is 17.0 Å². The topological polar surface area (TPSA) is 79.3 Å². The molecule has 2 aromatic rings. The van der Waals surface area contributed by atoms with E-state index in [0.29, 0.717) is 19.5 Å². The van der Waals surface area contributed by atoms with Crippen LogP contribution in [0.25, 0.3) is 11.0 Å². The minimum absolute atomic E-state index is 0.00563. The Morgan fingerprint density at radius 1 is 1.32 bits per heavy atom. The number of anilines is 1. The van der Waals surface area contributed by atoms with Gasteiger partial charge in [-0.1, -0.05) is 6.92 Å². The van der Waals surface area contributed by atoms with E-state index in [1.165, 1.54) is 0 Å². The van der Waals surface area contributed by atoms with Crippen molar-refractivity contribution in [3.8, 4) is 0 Å². The molecule has 25 heavy (non-hydrogen) atoms. The minimum Gasteiger partial charge on any atom is -0.359 e. The summed E-state index contributed by atoms with van der Waals surface area (Å²) >= 11 is 0. The summed E-state index contributed by atoms with van der Waals surface area (Å²) in [5.74, 6) is 0.924. The molecule has 0 spiro atoms. The van der Waals surface area contributed by atoms with E-state index >= 15 is 0 Å². The second kappa shape index (κ2) is 7.13. The number of hydrogen-bond donors (Lipinski definition) is 2. The van der Waals surface area contributed by atoms with Crippen LogP contribution in [0.15, 0.2) is 18.2 Å². The molecule has 2 heterocycles. The summed E-state index contributed by atoms with van der Waals surface area (Å²) < 4.78 is 2.19. The first-order chi connectivity index (χ1) is 12.1. The summed E-state index contributed by atoms with van der Waals surface area (Å²) in [4.78, 5) is 30.5. The van der Waals surface area contributed by atoms with Crippen LogP contribution in [0.4, 0.5) is 10.5 Å². The molecule has 1 aromatic carbocycles. The molecule has 3 amide bonds. The standard InChI is InChI=1S/C18H25N5O2/c1-4-16-21-14-10-13(6-7-15(14)23(16)5-2)20-18(25)22-9-8-12(11-22)17(24)19-3/h6-7,10,12H,4-5,8-9,11H2,1-3H3,(H,19,24)(H,20,25)/t12-/m0/s1. The lowest BCUT2D eigenvalue weighted by Gasteiger charge is -2.17. The van der Waals surface area contributed by atoms with E-state index in [9.17, 15) is 9.59 Å². The Hall–Kier alpha value is -2.57. The number of nitrogens with one attached hydrogen (secondary N) is 2. The number of fused-ring (bicyclic) bond motifs is 1. The Labute approximate surface area is 147 Å². The first-order valence-electron chi connectivity index (χ1n) is 8.84. The van der Waals surface area contributed by atoms with E-state index < -0.39 is 0 Å². The maximum atomic E-state index is 12.4. The van der Waals surface area contributed by atoms with Crippen LogP contribution in [0.1, 0.15) is 26.1 Å². The molecule has 2 N–H and O–H groups in total. The Bertz CT molecular complexity index is 798. The molecule has 3 rings (SSSR count). The van der Waals surface area contributed by atoms with Gasteiger partial charge in [-0.2, -0.15) is 0 Å². The lowest BCUT2D eigenvalue weighted by atomic mass is 10.1. The number of hydrogen-bond acceptors (Lipinski definition) is 3. The number of rotatable bonds is 4. The predicted octanol–water partition coefficient (Wildman–Crippen LogP) is 2.22. The highest BCUT2D eigenvalue weighted by Crippen LogP contribution is 2.22. The smallest absolute Gasteiger partial charge is 0.321 e. The lowest BCUT2D eigenvalue weighted by molar-refractivity contribution is -0.124. The highest BCUT2D eigenvalue weighted by Gasteiger charge is 2.30. The van der Waals surface area contributed by atoms with E-state index in [0.717, 1.165) is 35.5 Å². The van der Waals surface area contributed by atoms with Gasteiger partial charge in [-0.05, 0) is 31.5 Å². The first kappa shape index (κ1) is 17.3. The Kier molecular flexibility index (Phi) is 4.92. The summed E-state index contributed by atoms with van der Waals surface area (Å²) in [6.45, 7) is 6.12. The fourth-order valence-corrected chi connectivity index (χ4v) is 3.45. The normalized spacial score (nSPS) is 17.1. The van der Waals surface area contributed by atoms with E-state index in [4.69, 9.17) is 0 Å². The van der Waals surface area contributed by atoms with Crippen molar-refractivity contribution < 1.29 is 9.59 Å². The van der Waals surface area contributed by atoms with E-state index in [1.807, 2.05) is 18.2 Å². The SMILES string of the molecule is CCc1nc2cc(NC(=O)N3CC[C@H](C(=O)NC)C3)ccc2n1CC. The third-order valence-corrected chi connectivity index (χ3v) is 4.80. The van der Waals surface area contributed by atoms with Gasteiger partial charge in [0.2, 0.25) is 5.91 Å². The van der Waals surface area contributed by atoms with Crippen LogP contribution in [-0.4, -0.2) is 46.5 Å². The van der Waals surface area contributed by atoms with Crippen molar-refractivity contribution >= 4 is 28.7 Å². The Balaban J connectivity index is 1.73. The second-order valence-electron chi connectivity index (χ2n) is 6.31. The molecule has 0 unspecified atom stereocenters. The maximum Gasteiger partial charge on any atom is 0.321 e. The Morgan fingerprint density at radius 3 is 2.80 bits per heavy atom. The molecule has 0 aliphatic carbocycles. The van der Waals surface area contributed by atoms with Gasteiger partial charge in [-0.3, -0.25) is 4.79 Å². The van der Waals surface area contributed by atoms with Crippen LogP contribution in [0.2, 0.25) is 0 Å². The summed E-state index contributed by atoms with van der Waals surface area (Å²) in [7, 11) is 1.63. The van der Waals surface area contributed by atoms with Crippen molar-refractivity contribution in [1.29, 1.82) is 0 Å². The van der Waals surface area contributed by atoms with Gasteiger partial charge in [0.25, 0.3) is 0 Å². The summed E-state index contributed by atoms with van der Waals surface area (Å²) in [6, 6.07) is 5.64. The zero-order valence-corrected chi connectivity index (χ0v) is 15.0. The van der Waals surface area contributed by atoms with Crippen molar-refractivity contribution in [2.45, 2.75) is 33.2 Å². The van der Waals surface area contributed by atoms with Crippen LogP contribution in [-0.2, 0) is 17.8 Å². The van der Waals surface area contributed by atoms with Crippen LogP contribution in [0.3, 0.4) is 0 Å². The quantitative estimate of drug-likeness (QED) is 0.893. The second-order valence-corrected chi connectivity index (χ2v) is 6.31. The van der Waals surface area contributed by atoms with Gasteiger partial charge in [-0.15, -0.1) is 0 Å². The molecule has 0 radical (unpaired) electrons. The van der Waals surface area contributed by atoms with Crippen molar-refractivity contribution in [1.82, 2.24) is 19.8 Å². The first-order valence-corrected chi connectivity index (χ1v) is 8.84. The van der Waals surface area contributed by atoms with Crippen molar-refractivity contribution in [2.75, 3.05) is 25.5 Å². The molecule has 0 saturated carbocycles. The van der Waals surface area contributed by atoms with E-state index in [1.54, 1.807) is 11.9 Å². The van der Waals surface area contributed by atoms with Gasteiger partial charge in [0, 0.05) is 38.8 Å². The molecular weight excluding hydrogens is 318 g/mol. The molecule has 7 nitrogen and oxygen atoms in total. The largest absolute Gasteiger partial charge is 0.359 e. The van der Waals surface area contributed by atoms with E-state index in [-0.39, 0.29) is 17.9 Å². The maximum absolute atomic E-state index is 12.4. The van der Waals surface area contributed by atoms with Crippen molar-refractivity contribution in [2.24, 2.45) is 5.92 Å². The van der Waals surface area contributed by atoms with Crippen molar-refractivity contribution in [3.05, 3.63) is 24.0 Å². The summed E-state index contributed by atoms with van der Waals surface area (Å²) in [5.41, 5.74) is 2.70. The number of amides is 3. The van der Waals surface area contributed by atoms with Crippen LogP contribution >= 0.6 is 0 Å². The van der Waals surface area contributed by atoms with Crippen LogP contribution in [0, 0.1) is 5.92 Å². The fraction of sp³-hybridized carbons (Fsp3) is 0.500. The van der Waals surface area contributed by atoms with E-state index in [2.05, 4.69) is 34.0 Å². The average molecular weight is 343 g/mol. The Morgan fingerprint density at radius 2 is 2.12 bits per heavy atom. The number of likely N-dealkylation sites (tertiary alicyclic amines) is 1. The number of carbonyl (C=O) groups excluding carboxylic acids is 2. The number of imidazole rings is 1. The monoisotopic (exact) mass is 343 g/mol. The molecule has 1 saturated heterocycles. The number of aryl methyl sites for hydroxylation is 2. The predicted molar refractivity (Wildman–Crippen MR) is 97.6 cm³/mol. The molecule has 1 aliphatic heterocycles. The van der Waals surface area contributed by atoms with Gasteiger partial charge >= 0.3 is 6.03 Å². The minimum atomic E-state index is -0.170. The summed E-state index contributed by atoms with van der Waals surface area (Å²) in [5, 5.41) is 5.57. The molecule has 7 heteroatoms. The third kappa shape index (κ3) is 3.31. The lowest BCUT2D eigenvalue weighted by Crippen LogP contribution is -2.35. The van der Waals surface area contributed by atoms with Gasteiger partial charge in [-0.25, -0.2) is 9.78 Å². The number of carbonyl (C=O) groups is 2. The molecule has 0 bridgehead atoms. The zero-order valence-electron chi connectivity index (χ0n) is 15.0. The van der Waals surface area contributed by atoms with Crippen molar-refractivity contribution in [3.63, 3.8) is 0 Å². The zero-order chi connectivity index (χ0) is 18.0. The number of urea groups is 1. The fourth-order valence-electron chi connectivity index (χ4n) is 3.45. The van der Waals surface area contributed by atoms with Gasteiger partial charge in [0.1, 0.15) is 5.82 Å². The third-order valence-electron chi connectivity index (χ3n) is 4.80. The molecule has 1 aliphatic rings. The van der Waals surface area contributed by atoms with Gasteiger partial charge < -0.3 is 20.1 Å². The average Bonchev–Trinajstić information content (AvgIpc) is 3.24. The molecule has 1 atom stereocenters.